The van der Waals surface area contributed by atoms with Gasteiger partial charge in [-0.3, -0.25) is 4.90 Å². The Hall–Kier alpha value is -1.96. The molecule has 0 atom stereocenters. The highest BCUT2D eigenvalue weighted by Crippen LogP contribution is 2.31. The molecular formula is C18H18N2O3S2. The second-order valence-electron chi connectivity index (χ2n) is 6.12. The normalized spacial score (nSPS) is 17.6. The summed E-state index contributed by atoms with van der Waals surface area (Å²) < 4.78 is 29.9. The first-order valence-electron chi connectivity index (χ1n) is 8.13. The average molecular weight is 374 g/mol. The molecule has 130 valence electrons. The Kier molecular flexibility index (Phi) is 4.45. The highest BCUT2D eigenvalue weighted by molar-refractivity contribution is 7.91. The third kappa shape index (κ3) is 4.00. The van der Waals surface area contributed by atoms with E-state index in [-0.39, 0.29) is 11.5 Å². The minimum Gasteiger partial charge on any atom is -0.431 e. The summed E-state index contributed by atoms with van der Waals surface area (Å²) in [6, 6.07) is 15.9. The zero-order valence-corrected chi connectivity index (χ0v) is 15.2. The zero-order valence-electron chi connectivity index (χ0n) is 13.6. The maximum Gasteiger partial charge on any atom is 0.279 e. The maximum absolute atomic E-state index is 11.5. The largest absolute Gasteiger partial charge is 0.431 e. The summed E-state index contributed by atoms with van der Waals surface area (Å²) in [5.74, 6) is 1.27. The van der Waals surface area contributed by atoms with Crippen molar-refractivity contribution in [1.29, 1.82) is 0 Å². The van der Waals surface area contributed by atoms with E-state index in [4.69, 9.17) is 4.74 Å². The fourth-order valence-electron chi connectivity index (χ4n) is 2.82. The summed E-state index contributed by atoms with van der Waals surface area (Å²) in [5.41, 5.74) is 2.09. The predicted molar refractivity (Wildman–Crippen MR) is 100 cm³/mol. The number of nitrogens with zero attached hydrogens (tertiary/aromatic N) is 2. The SMILES string of the molecule is O=S1(=O)CCN(Cc2ccc(Oc3nc4ccccc4s3)cc2)CC1. The first-order chi connectivity index (χ1) is 12.1. The van der Waals surface area contributed by atoms with Crippen LogP contribution >= 0.6 is 11.3 Å². The zero-order chi connectivity index (χ0) is 17.3. The lowest BCUT2D eigenvalue weighted by molar-refractivity contribution is 0.287. The van der Waals surface area contributed by atoms with Gasteiger partial charge in [-0.25, -0.2) is 13.4 Å². The number of para-hydroxylation sites is 1. The number of benzene rings is 2. The van der Waals surface area contributed by atoms with Crippen LogP contribution in [0.25, 0.3) is 10.2 Å². The number of hydrogen-bond donors (Lipinski definition) is 0. The summed E-state index contributed by atoms with van der Waals surface area (Å²) in [6.07, 6.45) is 0. The van der Waals surface area contributed by atoms with Crippen LogP contribution in [0.15, 0.2) is 48.5 Å². The highest BCUT2D eigenvalue weighted by Gasteiger charge is 2.21. The molecule has 1 aromatic heterocycles. The molecule has 7 heteroatoms. The van der Waals surface area contributed by atoms with Crippen molar-refractivity contribution >= 4 is 31.4 Å². The summed E-state index contributed by atoms with van der Waals surface area (Å²) in [4.78, 5) is 6.64. The minimum atomic E-state index is -2.83. The van der Waals surface area contributed by atoms with E-state index in [0.29, 0.717) is 18.3 Å². The fraction of sp³-hybridized carbons (Fsp3) is 0.278. The van der Waals surface area contributed by atoms with Gasteiger partial charge >= 0.3 is 0 Å². The predicted octanol–water partition coefficient (Wildman–Crippen LogP) is 3.32. The van der Waals surface area contributed by atoms with Crippen LogP contribution < -0.4 is 4.74 Å². The van der Waals surface area contributed by atoms with Crippen molar-refractivity contribution in [2.24, 2.45) is 0 Å². The molecule has 0 saturated carbocycles. The minimum absolute atomic E-state index is 0.256. The number of aromatic nitrogens is 1. The lowest BCUT2D eigenvalue weighted by Gasteiger charge is -2.26. The van der Waals surface area contributed by atoms with Gasteiger partial charge in [0, 0.05) is 19.6 Å². The maximum atomic E-state index is 11.5. The molecule has 0 spiro atoms. The van der Waals surface area contributed by atoms with Gasteiger partial charge in [0.05, 0.1) is 21.7 Å². The van der Waals surface area contributed by atoms with Crippen LogP contribution in [-0.4, -0.2) is 42.9 Å². The molecule has 0 unspecified atom stereocenters. The standard InChI is InChI=1S/C18H18N2O3S2/c21-25(22)11-9-20(10-12-25)13-14-5-7-15(8-6-14)23-18-19-16-3-1-2-4-17(16)24-18/h1-8H,9-13H2. The van der Waals surface area contributed by atoms with Crippen LogP contribution in [0.2, 0.25) is 0 Å². The van der Waals surface area contributed by atoms with Crippen molar-refractivity contribution in [2.45, 2.75) is 6.54 Å². The van der Waals surface area contributed by atoms with E-state index in [1.165, 1.54) is 11.3 Å². The van der Waals surface area contributed by atoms with E-state index < -0.39 is 9.84 Å². The number of hydrogen-bond acceptors (Lipinski definition) is 6. The molecule has 2 heterocycles. The number of fused-ring (bicyclic) bond motifs is 1. The lowest BCUT2D eigenvalue weighted by atomic mass is 10.2. The van der Waals surface area contributed by atoms with Gasteiger partial charge in [-0.05, 0) is 29.8 Å². The van der Waals surface area contributed by atoms with Crippen molar-refractivity contribution in [3.8, 4) is 10.9 Å². The van der Waals surface area contributed by atoms with Gasteiger partial charge in [0.2, 0.25) is 0 Å². The lowest BCUT2D eigenvalue weighted by Crippen LogP contribution is -2.39. The fourth-order valence-corrected chi connectivity index (χ4v) is 4.94. The van der Waals surface area contributed by atoms with Gasteiger partial charge in [-0.1, -0.05) is 35.6 Å². The third-order valence-corrected chi connectivity index (χ3v) is 6.77. The molecule has 25 heavy (non-hydrogen) atoms. The molecule has 1 aliphatic rings. The van der Waals surface area contributed by atoms with E-state index in [2.05, 4.69) is 9.88 Å². The summed E-state index contributed by atoms with van der Waals surface area (Å²) in [6.45, 7) is 1.97. The second kappa shape index (κ2) is 6.74. The highest BCUT2D eigenvalue weighted by atomic mass is 32.2. The number of thiazole rings is 1. The van der Waals surface area contributed by atoms with Crippen LogP contribution in [0.4, 0.5) is 0 Å². The molecule has 1 aliphatic heterocycles. The van der Waals surface area contributed by atoms with Gasteiger partial charge in [0.25, 0.3) is 5.19 Å². The summed E-state index contributed by atoms with van der Waals surface area (Å²) in [7, 11) is -2.83. The quantitative estimate of drug-likeness (QED) is 0.701. The van der Waals surface area contributed by atoms with E-state index in [0.717, 1.165) is 28.1 Å². The Morgan fingerprint density at radius 2 is 1.76 bits per heavy atom. The molecule has 0 radical (unpaired) electrons. The van der Waals surface area contributed by atoms with E-state index in [1.54, 1.807) is 0 Å². The number of ether oxygens (including phenoxy) is 1. The van der Waals surface area contributed by atoms with Gasteiger partial charge in [-0.15, -0.1) is 0 Å². The molecule has 0 bridgehead atoms. The second-order valence-corrected chi connectivity index (χ2v) is 9.42. The van der Waals surface area contributed by atoms with Crippen molar-refractivity contribution in [3.63, 3.8) is 0 Å². The van der Waals surface area contributed by atoms with Crippen LogP contribution in [0, 0.1) is 0 Å². The monoisotopic (exact) mass is 374 g/mol. The first-order valence-corrected chi connectivity index (χ1v) is 10.8. The van der Waals surface area contributed by atoms with Crippen LogP contribution in [0.1, 0.15) is 5.56 Å². The van der Waals surface area contributed by atoms with Crippen LogP contribution in [0.5, 0.6) is 10.9 Å². The van der Waals surface area contributed by atoms with Gasteiger partial charge in [0.15, 0.2) is 9.84 Å². The van der Waals surface area contributed by atoms with Crippen molar-refractivity contribution in [3.05, 3.63) is 54.1 Å². The van der Waals surface area contributed by atoms with E-state index >= 15 is 0 Å². The molecule has 3 aromatic rings. The van der Waals surface area contributed by atoms with E-state index in [9.17, 15) is 8.42 Å². The molecule has 0 aliphatic carbocycles. The Morgan fingerprint density at radius 1 is 1.04 bits per heavy atom. The van der Waals surface area contributed by atoms with Gasteiger partial charge < -0.3 is 4.74 Å². The molecule has 0 N–H and O–H groups in total. The molecule has 2 aromatic carbocycles. The third-order valence-electron chi connectivity index (χ3n) is 4.25. The Morgan fingerprint density at radius 3 is 2.48 bits per heavy atom. The van der Waals surface area contributed by atoms with Crippen molar-refractivity contribution in [2.75, 3.05) is 24.6 Å². The molecule has 4 rings (SSSR count). The molecule has 5 nitrogen and oxygen atoms in total. The molecule has 1 fully saturated rings. The van der Waals surface area contributed by atoms with Crippen molar-refractivity contribution in [1.82, 2.24) is 9.88 Å². The number of sulfone groups is 1. The summed E-state index contributed by atoms with van der Waals surface area (Å²) in [5, 5.41) is 0.634. The smallest absolute Gasteiger partial charge is 0.279 e. The van der Waals surface area contributed by atoms with Crippen LogP contribution in [0.3, 0.4) is 0 Å². The Labute approximate surface area is 150 Å². The van der Waals surface area contributed by atoms with Gasteiger partial charge in [-0.2, -0.15) is 0 Å². The number of rotatable bonds is 4. The average Bonchev–Trinajstić information content (AvgIpc) is 3.01. The Bertz CT molecular complexity index is 934. The van der Waals surface area contributed by atoms with Crippen molar-refractivity contribution < 1.29 is 13.2 Å². The van der Waals surface area contributed by atoms with E-state index in [1.807, 2.05) is 48.5 Å². The topological polar surface area (TPSA) is 59.5 Å². The summed E-state index contributed by atoms with van der Waals surface area (Å²) >= 11 is 1.53. The van der Waals surface area contributed by atoms with Gasteiger partial charge in [0.1, 0.15) is 5.75 Å². The molecule has 1 saturated heterocycles. The Balaban J connectivity index is 1.40. The molecule has 0 amide bonds. The first kappa shape index (κ1) is 16.5. The molecular weight excluding hydrogens is 356 g/mol. The van der Waals surface area contributed by atoms with Crippen LogP contribution in [-0.2, 0) is 16.4 Å².